The maximum atomic E-state index is 13.0. The summed E-state index contributed by atoms with van der Waals surface area (Å²) >= 11 is 0. The van der Waals surface area contributed by atoms with Crippen LogP contribution in [0.5, 0.6) is 0 Å². The number of halogens is 1. The van der Waals surface area contributed by atoms with Crippen molar-refractivity contribution in [2.45, 2.75) is 33.2 Å². The number of hydrogen-bond acceptors (Lipinski definition) is 2. The van der Waals surface area contributed by atoms with Gasteiger partial charge < -0.3 is 10.2 Å². The lowest BCUT2D eigenvalue weighted by Crippen LogP contribution is -2.51. The van der Waals surface area contributed by atoms with Crippen LogP contribution in [0.2, 0.25) is 0 Å². The first-order valence-corrected chi connectivity index (χ1v) is 9.26. The molecule has 2 aromatic rings. The molecule has 142 valence electrons. The molecule has 1 aliphatic rings. The van der Waals surface area contributed by atoms with Gasteiger partial charge in [-0.3, -0.25) is 9.59 Å². The first-order chi connectivity index (χ1) is 12.9. The van der Waals surface area contributed by atoms with Gasteiger partial charge in [0.05, 0.1) is 5.41 Å². The maximum absolute atomic E-state index is 13.0. The molecule has 0 unspecified atom stereocenters. The second kappa shape index (κ2) is 7.91. The summed E-state index contributed by atoms with van der Waals surface area (Å²) in [6.07, 6.45) is 1.53. The first kappa shape index (κ1) is 19.1. The largest absolute Gasteiger partial charge is 0.351 e. The molecule has 1 heterocycles. The van der Waals surface area contributed by atoms with Gasteiger partial charge in [0.2, 0.25) is 5.91 Å². The van der Waals surface area contributed by atoms with Gasteiger partial charge in [0.1, 0.15) is 5.82 Å². The average molecular weight is 368 g/mol. The number of benzene rings is 2. The summed E-state index contributed by atoms with van der Waals surface area (Å²) in [6, 6.07) is 13.6. The van der Waals surface area contributed by atoms with Gasteiger partial charge in [-0.25, -0.2) is 4.39 Å². The smallest absolute Gasteiger partial charge is 0.253 e. The van der Waals surface area contributed by atoms with Gasteiger partial charge in [-0.2, -0.15) is 0 Å². The van der Waals surface area contributed by atoms with Crippen molar-refractivity contribution in [3.63, 3.8) is 0 Å². The minimum atomic E-state index is -0.626. The van der Waals surface area contributed by atoms with Crippen LogP contribution < -0.4 is 5.32 Å². The van der Waals surface area contributed by atoms with Gasteiger partial charge in [-0.1, -0.05) is 29.8 Å². The summed E-state index contributed by atoms with van der Waals surface area (Å²) in [5.74, 6) is -0.407. The second-order valence-corrected chi connectivity index (χ2v) is 7.57. The number of rotatable bonds is 4. The fourth-order valence-electron chi connectivity index (χ4n) is 3.47. The number of amides is 2. The van der Waals surface area contributed by atoms with E-state index in [1.807, 2.05) is 38.1 Å². The van der Waals surface area contributed by atoms with Crippen molar-refractivity contribution in [1.82, 2.24) is 10.2 Å². The summed E-state index contributed by atoms with van der Waals surface area (Å²) in [5.41, 5.74) is 1.97. The Hall–Kier alpha value is -2.69. The van der Waals surface area contributed by atoms with Crippen molar-refractivity contribution in [2.75, 3.05) is 13.1 Å². The van der Waals surface area contributed by atoms with Crippen LogP contribution in [0.3, 0.4) is 0 Å². The lowest BCUT2D eigenvalue weighted by molar-refractivity contribution is -0.132. The SMILES string of the molecule is Cc1ccc(C(=O)N2CCC[C@@](C)(C(=O)NCc3ccc(F)cc3)C2)cc1. The van der Waals surface area contributed by atoms with E-state index in [0.717, 1.165) is 24.0 Å². The zero-order valence-electron chi connectivity index (χ0n) is 15.8. The predicted octanol–water partition coefficient (Wildman–Crippen LogP) is 3.69. The second-order valence-electron chi connectivity index (χ2n) is 7.57. The normalized spacial score (nSPS) is 19.6. The van der Waals surface area contributed by atoms with Crippen molar-refractivity contribution < 1.29 is 14.0 Å². The van der Waals surface area contributed by atoms with Crippen LogP contribution in [-0.2, 0) is 11.3 Å². The molecule has 0 spiro atoms. The molecule has 1 saturated heterocycles. The molecule has 0 radical (unpaired) electrons. The topological polar surface area (TPSA) is 49.4 Å². The van der Waals surface area contributed by atoms with Crippen LogP contribution in [0, 0.1) is 18.2 Å². The Morgan fingerprint density at radius 1 is 1.11 bits per heavy atom. The van der Waals surface area contributed by atoms with Crippen LogP contribution in [0.15, 0.2) is 48.5 Å². The van der Waals surface area contributed by atoms with E-state index < -0.39 is 5.41 Å². The molecule has 1 fully saturated rings. The van der Waals surface area contributed by atoms with Gasteiger partial charge in [0.25, 0.3) is 5.91 Å². The molecule has 5 heteroatoms. The van der Waals surface area contributed by atoms with Crippen LogP contribution >= 0.6 is 0 Å². The molecule has 4 nitrogen and oxygen atoms in total. The number of hydrogen-bond donors (Lipinski definition) is 1. The van der Waals surface area contributed by atoms with Crippen LogP contribution in [-0.4, -0.2) is 29.8 Å². The van der Waals surface area contributed by atoms with Crippen LogP contribution in [0.4, 0.5) is 4.39 Å². The number of piperidine rings is 1. The molecule has 2 amide bonds. The number of carbonyl (C=O) groups excluding carboxylic acids is 2. The Balaban J connectivity index is 1.64. The van der Waals surface area contributed by atoms with Crippen LogP contribution in [0.25, 0.3) is 0 Å². The fraction of sp³-hybridized carbons (Fsp3) is 0.364. The van der Waals surface area contributed by atoms with Crippen molar-refractivity contribution in [2.24, 2.45) is 5.41 Å². The predicted molar refractivity (Wildman–Crippen MR) is 103 cm³/mol. The Labute approximate surface area is 159 Å². The molecule has 0 saturated carbocycles. The van der Waals surface area contributed by atoms with E-state index in [4.69, 9.17) is 0 Å². The third-order valence-corrected chi connectivity index (χ3v) is 5.20. The summed E-state index contributed by atoms with van der Waals surface area (Å²) in [6.45, 7) is 5.29. The van der Waals surface area contributed by atoms with Crippen molar-refractivity contribution in [1.29, 1.82) is 0 Å². The number of carbonyl (C=O) groups is 2. The molecule has 3 rings (SSSR count). The molecule has 2 aromatic carbocycles. The van der Waals surface area contributed by atoms with Gasteiger partial charge in [0, 0.05) is 25.2 Å². The Morgan fingerprint density at radius 3 is 2.44 bits per heavy atom. The third kappa shape index (κ3) is 4.54. The molecular weight excluding hydrogens is 343 g/mol. The maximum Gasteiger partial charge on any atom is 0.253 e. The fourth-order valence-corrected chi connectivity index (χ4v) is 3.47. The van der Waals surface area contributed by atoms with E-state index >= 15 is 0 Å². The Kier molecular flexibility index (Phi) is 5.59. The van der Waals surface area contributed by atoms with Gasteiger partial charge in [-0.05, 0) is 56.5 Å². The van der Waals surface area contributed by atoms with E-state index in [1.54, 1.807) is 17.0 Å². The lowest BCUT2D eigenvalue weighted by atomic mass is 9.80. The highest BCUT2D eigenvalue weighted by Crippen LogP contribution is 2.30. The monoisotopic (exact) mass is 368 g/mol. The van der Waals surface area contributed by atoms with E-state index in [2.05, 4.69) is 5.32 Å². The van der Waals surface area contributed by atoms with Crippen LogP contribution in [0.1, 0.15) is 41.3 Å². The summed E-state index contributed by atoms with van der Waals surface area (Å²) in [7, 11) is 0. The van der Waals surface area contributed by atoms with Crippen molar-refractivity contribution in [3.8, 4) is 0 Å². The molecule has 1 N–H and O–H groups in total. The molecule has 0 aliphatic carbocycles. The first-order valence-electron chi connectivity index (χ1n) is 9.26. The minimum absolute atomic E-state index is 0.0349. The highest BCUT2D eigenvalue weighted by molar-refractivity contribution is 5.95. The number of nitrogens with zero attached hydrogens (tertiary/aromatic N) is 1. The van der Waals surface area contributed by atoms with E-state index in [1.165, 1.54) is 12.1 Å². The minimum Gasteiger partial charge on any atom is -0.351 e. The summed E-state index contributed by atoms with van der Waals surface area (Å²) < 4.78 is 13.0. The van der Waals surface area contributed by atoms with Gasteiger partial charge >= 0.3 is 0 Å². The standard InChI is InChI=1S/C22H25FN2O2/c1-16-4-8-18(9-5-16)20(26)25-13-3-12-22(2,15-25)21(27)24-14-17-6-10-19(23)11-7-17/h4-11H,3,12-15H2,1-2H3,(H,24,27)/t22-/m1/s1. The highest BCUT2D eigenvalue weighted by atomic mass is 19.1. The average Bonchev–Trinajstić information content (AvgIpc) is 2.67. The molecular formula is C22H25FN2O2. The van der Waals surface area contributed by atoms with Gasteiger partial charge in [0.15, 0.2) is 0 Å². The Bertz CT molecular complexity index is 817. The van der Waals surface area contributed by atoms with E-state index in [-0.39, 0.29) is 17.6 Å². The molecule has 0 bridgehead atoms. The summed E-state index contributed by atoms with van der Waals surface area (Å²) in [4.78, 5) is 27.3. The van der Waals surface area contributed by atoms with Crippen molar-refractivity contribution >= 4 is 11.8 Å². The third-order valence-electron chi connectivity index (χ3n) is 5.20. The summed E-state index contributed by atoms with van der Waals surface area (Å²) in [5, 5.41) is 2.94. The van der Waals surface area contributed by atoms with E-state index in [9.17, 15) is 14.0 Å². The highest BCUT2D eigenvalue weighted by Gasteiger charge is 2.39. The zero-order valence-corrected chi connectivity index (χ0v) is 15.8. The lowest BCUT2D eigenvalue weighted by Gasteiger charge is -2.39. The zero-order chi connectivity index (χ0) is 19.4. The quantitative estimate of drug-likeness (QED) is 0.895. The molecule has 1 atom stereocenters. The number of likely N-dealkylation sites (tertiary alicyclic amines) is 1. The molecule has 27 heavy (non-hydrogen) atoms. The van der Waals surface area contributed by atoms with Gasteiger partial charge in [-0.15, -0.1) is 0 Å². The van der Waals surface area contributed by atoms with E-state index in [0.29, 0.717) is 25.2 Å². The Morgan fingerprint density at radius 2 is 1.78 bits per heavy atom. The van der Waals surface area contributed by atoms with Crippen molar-refractivity contribution in [3.05, 3.63) is 71.0 Å². The molecule has 0 aromatic heterocycles. The molecule has 1 aliphatic heterocycles. The number of nitrogens with one attached hydrogen (secondary N) is 1. The number of aryl methyl sites for hydroxylation is 1.